The highest BCUT2D eigenvalue weighted by Crippen LogP contribution is 2.28. The van der Waals surface area contributed by atoms with Crippen LogP contribution < -0.4 is 4.90 Å². The lowest BCUT2D eigenvalue weighted by atomic mass is 10.1. The van der Waals surface area contributed by atoms with Gasteiger partial charge in [0.1, 0.15) is 17.3 Å². The Morgan fingerprint density at radius 3 is 2.22 bits per heavy atom. The Hall–Kier alpha value is -3.05. The minimum Gasteiger partial charge on any atom is -0.266 e. The van der Waals surface area contributed by atoms with Crippen molar-refractivity contribution in [3.05, 3.63) is 106 Å². The van der Waals surface area contributed by atoms with Crippen LogP contribution in [0.25, 0.3) is 6.08 Å². The van der Waals surface area contributed by atoms with Crippen molar-refractivity contribution in [2.45, 2.75) is 0 Å². The molecule has 3 aromatic carbocycles. The van der Waals surface area contributed by atoms with Gasteiger partial charge in [-0.1, -0.05) is 58.4 Å². The second-order valence-corrected chi connectivity index (χ2v) is 6.92. The third-order valence-corrected chi connectivity index (χ3v) is 4.68. The van der Waals surface area contributed by atoms with E-state index in [0.29, 0.717) is 17.1 Å². The first-order valence-electron chi connectivity index (χ1n) is 8.33. The van der Waals surface area contributed by atoms with E-state index in [1.54, 1.807) is 23.1 Å². The number of halogens is 2. The number of carbonyl (C=O) groups is 1. The van der Waals surface area contributed by atoms with Gasteiger partial charge in [-0.05, 0) is 48.0 Å². The molecule has 1 amide bonds. The predicted octanol–water partition coefficient (Wildman–Crippen LogP) is 5.42. The number of hydrogen-bond acceptors (Lipinski definition) is 2. The second kappa shape index (κ2) is 7.29. The zero-order valence-corrected chi connectivity index (χ0v) is 15.7. The molecule has 5 heteroatoms. The van der Waals surface area contributed by atoms with Crippen molar-refractivity contribution in [1.82, 2.24) is 0 Å². The van der Waals surface area contributed by atoms with Crippen LogP contribution in [0.15, 0.2) is 94.0 Å². The van der Waals surface area contributed by atoms with Crippen molar-refractivity contribution >= 4 is 39.4 Å². The maximum atomic E-state index is 13.1. The molecule has 0 atom stereocenters. The van der Waals surface area contributed by atoms with Gasteiger partial charge in [0.25, 0.3) is 5.91 Å². The van der Waals surface area contributed by atoms with Crippen LogP contribution in [0, 0.1) is 5.82 Å². The largest absolute Gasteiger partial charge is 0.282 e. The van der Waals surface area contributed by atoms with Crippen LogP contribution in [0.2, 0.25) is 0 Å². The molecule has 3 aromatic rings. The first kappa shape index (κ1) is 17.4. The molecule has 27 heavy (non-hydrogen) atoms. The molecule has 0 N–H and O–H groups in total. The third-order valence-electron chi connectivity index (χ3n) is 4.15. The lowest BCUT2D eigenvalue weighted by Crippen LogP contribution is -2.32. The molecule has 0 unspecified atom stereocenters. The van der Waals surface area contributed by atoms with E-state index in [9.17, 15) is 9.18 Å². The zero-order valence-electron chi connectivity index (χ0n) is 14.1. The fraction of sp³-hybridized carbons (Fsp3) is 0. The molecule has 4 rings (SSSR count). The Morgan fingerprint density at radius 1 is 0.889 bits per heavy atom. The van der Waals surface area contributed by atoms with Crippen molar-refractivity contribution in [2.75, 3.05) is 4.90 Å². The van der Waals surface area contributed by atoms with E-state index in [1.807, 2.05) is 54.6 Å². The van der Waals surface area contributed by atoms with Gasteiger partial charge in [0.15, 0.2) is 0 Å². The monoisotopic (exact) mass is 420 g/mol. The van der Waals surface area contributed by atoms with Gasteiger partial charge in [-0.2, -0.15) is 0 Å². The molecule has 0 bridgehead atoms. The summed E-state index contributed by atoms with van der Waals surface area (Å²) in [6.45, 7) is 0. The summed E-state index contributed by atoms with van der Waals surface area (Å²) in [7, 11) is 0. The number of carbonyl (C=O) groups excluding carboxylic acids is 1. The highest BCUT2D eigenvalue weighted by atomic mass is 79.9. The average molecular weight is 421 g/mol. The highest BCUT2D eigenvalue weighted by molar-refractivity contribution is 9.10. The van der Waals surface area contributed by atoms with Gasteiger partial charge >= 0.3 is 0 Å². The lowest BCUT2D eigenvalue weighted by Gasteiger charge is -2.18. The molecule has 1 aliphatic rings. The highest BCUT2D eigenvalue weighted by Gasteiger charge is 2.32. The van der Waals surface area contributed by atoms with Crippen LogP contribution in [0.4, 0.5) is 10.1 Å². The maximum Gasteiger partial charge on any atom is 0.282 e. The molecule has 0 saturated carbocycles. The van der Waals surface area contributed by atoms with Gasteiger partial charge < -0.3 is 0 Å². The summed E-state index contributed by atoms with van der Waals surface area (Å²) in [6.07, 6.45) is 1.67. The van der Waals surface area contributed by atoms with Gasteiger partial charge in [-0.3, -0.25) is 9.69 Å². The van der Waals surface area contributed by atoms with Gasteiger partial charge in [0, 0.05) is 10.0 Å². The molecular formula is C22H14BrFN2O. The van der Waals surface area contributed by atoms with E-state index in [0.717, 1.165) is 15.7 Å². The second-order valence-electron chi connectivity index (χ2n) is 6.00. The number of benzene rings is 3. The Kier molecular flexibility index (Phi) is 4.69. The first-order valence-corrected chi connectivity index (χ1v) is 9.12. The molecule has 1 heterocycles. The standard InChI is InChI=1S/C22H14BrFN2O/c23-17-8-12-19(13-9-17)26-21(16-4-2-1-3-5-16)25-20(22(26)27)14-15-6-10-18(24)11-7-15/h1-14H/b20-14+. The number of nitrogens with zero attached hydrogens (tertiary/aromatic N) is 2. The number of rotatable bonds is 3. The number of aliphatic imine (C=N–C) groups is 1. The fourth-order valence-corrected chi connectivity index (χ4v) is 3.11. The van der Waals surface area contributed by atoms with Crippen LogP contribution in [0.5, 0.6) is 0 Å². The molecule has 132 valence electrons. The van der Waals surface area contributed by atoms with E-state index in [1.165, 1.54) is 12.1 Å². The number of anilines is 1. The number of hydrogen-bond donors (Lipinski definition) is 0. The smallest absolute Gasteiger partial charge is 0.266 e. The van der Waals surface area contributed by atoms with Crippen molar-refractivity contribution in [3.8, 4) is 0 Å². The molecule has 0 radical (unpaired) electrons. The van der Waals surface area contributed by atoms with Gasteiger partial charge in [-0.25, -0.2) is 9.38 Å². The summed E-state index contributed by atoms with van der Waals surface area (Å²) < 4.78 is 14.1. The molecule has 1 aliphatic heterocycles. The topological polar surface area (TPSA) is 32.7 Å². The summed E-state index contributed by atoms with van der Waals surface area (Å²) in [6, 6.07) is 23.0. The predicted molar refractivity (Wildman–Crippen MR) is 109 cm³/mol. The number of amidine groups is 1. The van der Waals surface area contributed by atoms with Crippen LogP contribution in [0.3, 0.4) is 0 Å². The van der Waals surface area contributed by atoms with E-state index in [2.05, 4.69) is 20.9 Å². The first-order chi connectivity index (χ1) is 13.1. The summed E-state index contributed by atoms with van der Waals surface area (Å²) in [5.41, 5.74) is 2.60. The summed E-state index contributed by atoms with van der Waals surface area (Å²) >= 11 is 3.42. The Labute approximate surface area is 164 Å². The van der Waals surface area contributed by atoms with Gasteiger partial charge in [-0.15, -0.1) is 0 Å². The van der Waals surface area contributed by atoms with Crippen molar-refractivity contribution in [3.63, 3.8) is 0 Å². The van der Waals surface area contributed by atoms with Crippen LogP contribution >= 0.6 is 15.9 Å². The Morgan fingerprint density at radius 2 is 1.56 bits per heavy atom. The maximum absolute atomic E-state index is 13.1. The third kappa shape index (κ3) is 3.59. The van der Waals surface area contributed by atoms with Crippen LogP contribution in [-0.4, -0.2) is 11.7 Å². The molecular weight excluding hydrogens is 407 g/mol. The molecule has 0 saturated heterocycles. The van der Waals surface area contributed by atoms with Crippen LogP contribution in [0.1, 0.15) is 11.1 Å². The molecule has 0 fully saturated rings. The van der Waals surface area contributed by atoms with E-state index < -0.39 is 0 Å². The lowest BCUT2D eigenvalue weighted by molar-refractivity contribution is -0.113. The van der Waals surface area contributed by atoms with Gasteiger partial charge in [0.05, 0.1) is 5.69 Å². The SMILES string of the molecule is O=C1/C(=C\c2ccc(F)cc2)N=C(c2ccccc2)N1c1ccc(Br)cc1. The van der Waals surface area contributed by atoms with E-state index in [4.69, 9.17) is 0 Å². The van der Waals surface area contributed by atoms with E-state index >= 15 is 0 Å². The molecule has 0 spiro atoms. The van der Waals surface area contributed by atoms with Crippen molar-refractivity contribution < 1.29 is 9.18 Å². The van der Waals surface area contributed by atoms with Crippen LogP contribution in [-0.2, 0) is 4.79 Å². The Bertz CT molecular complexity index is 1040. The Balaban J connectivity index is 1.80. The molecule has 0 aromatic heterocycles. The van der Waals surface area contributed by atoms with Crippen molar-refractivity contribution in [1.29, 1.82) is 0 Å². The summed E-state index contributed by atoms with van der Waals surface area (Å²) in [5.74, 6) is 0.0247. The summed E-state index contributed by atoms with van der Waals surface area (Å²) in [5, 5.41) is 0. The number of amides is 1. The quantitative estimate of drug-likeness (QED) is 0.520. The average Bonchev–Trinajstić information content (AvgIpc) is 3.01. The van der Waals surface area contributed by atoms with Crippen molar-refractivity contribution in [2.24, 2.45) is 4.99 Å². The minimum absolute atomic E-state index is 0.222. The van der Waals surface area contributed by atoms with E-state index in [-0.39, 0.29) is 11.7 Å². The fourth-order valence-electron chi connectivity index (χ4n) is 2.84. The normalized spacial score (nSPS) is 15.3. The zero-order chi connectivity index (χ0) is 18.8. The summed E-state index contributed by atoms with van der Waals surface area (Å²) in [4.78, 5) is 19.3. The molecule has 0 aliphatic carbocycles. The van der Waals surface area contributed by atoms with Gasteiger partial charge in [0.2, 0.25) is 0 Å². The molecule has 3 nitrogen and oxygen atoms in total. The minimum atomic E-state index is -0.320.